The number of fused-ring (bicyclic) bond motifs is 1. The Labute approximate surface area is 193 Å². The number of benzene rings is 2. The highest BCUT2D eigenvalue weighted by Crippen LogP contribution is 2.37. The van der Waals surface area contributed by atoms with Crippen LogP contribution in [0.3, 0.4) is 0 Å². The summed E-state index contributed by atoms with van der Waals surface area (Å²) in [6.07, 6.45) is 0.835. The van der Waals surface area contributed by atoms with Gasteiger partial charge in [0.15, 0.2) is 0 Å². The molecule has 1 aliphatic heterocycles. The van der Waals surface area contributed by atoms with Gasteiger partial charge in [-0.1, -0.05) is 72.4 Å². The number of pyridine rings is 1. The lowest BCUT2D eigenvalue weighted by Crippen LogP contribution is -2.29. The minimum absolute atomic E-state index is 0.0734. The minimum atomic E-state index is -0.0772. The van der Waals surface area contributed by atoms with Gasteiger partial charge in [-0.3, -0.25) is 4.79 Å². The average Bonchev–Trinajstić information content (AvgIpc) is 2.82. The maximum Gasteiger partial charge on any atom is 0.230 e. The molecule has 2 aromatic carbocycles. The molecular formula is C26H26N4OS. The summed E-state index contributed by atoms with van der Waals surface area (Å²) >= 11 is 1.34. The van der Waals surface area contributed by atoms with Gasteiger partial charge in [0.2, 0.25) is 5.91 Å². The Balaban J connectivity index is 1.60. The van der Waals surface area contributed by atoms with Crippen LogP contribution >= 0.6 is 11.8 Å². The highest BCUT2D eigenvalue weighted by molar-refractivity contribution is 8.00. The molecule has 0 saturated carbocycles. The Morgan fingerprint density at radius 2 is 1.88 bits per heavy atom. The van der Waals surface area contributed by atoms with E-state index in [1.165, 1.54) is 11.8 Å². The molecule has 5 nitrogen and oxygen atoms in total. The van der Waals surface area contributed by atoms with E-state index in [-0.39, 0.29) is 17.7 Å². The number of aromatic nitrogens is 1. The molecule has 0 saturated heterocycles. The van der Waals surface area contributed by atoms with Crippen LogP contribution < -0.4 is 5.32 Å². The van der Waals surface area contributed by atoms with Crippen LogP contribution in [0.25, 0.3) is 11.1 Å². The van der Waals surface area contributed by atoms with Crippen LogP contribution in [0.1, 0.15) is 35.3 Å². The van der Waals surface area contributed by atoms with E-state index in [0.717, 1.165) is 47.5 Å². The molecule has 0 aliphatic carbocycles. The van der Waals surface area contributed by atoms with E-state index in [4.69, 9.17) is 4.98 Å². The predicted molar refractivity (Wildman–Crippen MR) is 128 cm³/mol. The van der Waals surface area contributed by atoms with Crippen molar-refractivity contribution in [2.75, 3.05) is 19.3 Å². The molecule has 0 radical (unpaired) electrons. The Hall–Kier alpha value is -3.14. The van der Waals surface area contributed by atoms with E-state index in [0.29, 0.717) is 10.6 Å². The van der Waals surface area contributed by atoms with E-state index in [1.807, 2.05) is 67.6 Å². The molecule has 6 heteroatoms. The van der Waals surface area contributed by atoms with Crippen LogP contribution in [0.15, 0.2) is 65.7 Å². The molecule has 32 heavy (non-hydrogen) atoms. The van der Waals surface area contributed by atoms with Crippen LogP contribution in [-0.4, -0.2) is 35.1 Å². The number of hydrogen-bond acceptors (Lipinski definition) is 5. The van der Waals surface area contributed by atoms with E-state index in [2.05, 4.69) is 23.3 Å². The van der Waals surface area contributed by atoms with Crippen molar-refractivity contribution < 1.29 is 4.79 Å². The molecule has 1 amide bonds. The lowest BCUT2D eigenvalue weighted by molar-refractivity contribution is -0.119. The molecule has 1 aliphatic rings. The molecule has 2 heterocycles. The summed E-state index contributed by atoms with van der Waals surface area (Å²) in [4.78, 5) is 19.7. The minimum Gasteiger partial charge on any atom is -0.349 e. The fourth-order valence-corrected chi connectivity index (χ4v) is 4.86. The zero-order chi connectivity index (χ0) is 22.5. The van der Waals surface area contributed by atoms with Gasteiger partial charge in [0, 0.05) is 30.8 Å². The molecule has 0 bridgehead atoms. The van der Waals surface area contributed by atoms with Gasteiger partial charge < -0.3 is 10.2 Å². The summed E-state index contributed by atoms with van der Waals surface area (Å²) < 4.78 is 0. The number of hydrogen-bond donors (Lipinski definition) is 1. The van der Waals surface area contributed by atoms with Gasteiger partial charge in [0.05, 0.1) is 17.4 Å². The number of likely N-dealkylation sites (N-methyl/N-ethyl adjacent to an activating group) is 1. The fourth-order valence-electron chi connectivity index (χ4n) is 4.04. The largest absolute Gasteiger partial charge is 0.349 e. The Kier molecular flexibility index (Phi) is 6.89. The monoisotopic (exact) mass is 442 g/mol. The van der Waals surface area contributed by atoms with E-state index in [1.54, 1.807) is 0 Å². The fraction of sp³-hybridized carbons (Fsp3) is 0.269. The van der Waals surface area contributed by atoms with Crippen molar-refractivity contribution in [1.82, 2.24) is 15.2 Å². The molecule has 1 aromatic heterocycles. The SMILES string of the molecule is C[C@H](NC(=O)CSc1nc2c(c(-c3ccccc3)c1C#N)CN(C)CC2)c1ccccc1. The zero-order valence-electron chi connectivity index (χ0n) is 18.3. The summed E-state index contributed by atoms with van der Waals surface area (Å²) in [7, 11) is 2.09. The van der Waals surface area contributed by atoms with Crippen molar-refractivity contribution in [2.45, 2.75) is 31.0 Å². The van der Waals surface area contributed by atoms with Crippen LogP contribution in [0.5, 0.6) is 0 Å². The average molecular weight is 443 g/mol. The van der Waals surface area contributed by atoms with Gasteiger partial charge in [-0.25, -0.2) is 4.98 Å². The van der Waals surface area contributed by atoms with Crippen molar-refractivity contribution in [3.8, 4) is 17.2 Å². The Morgan fingerprint density at radius 1 is 1.19 bits per heavy atom. The molecule has 0 fully saturated rings. The topological polar surface area (TPSA) is 69.0 Å². The first-order chi connectivity index (χ1) is 15.6. The van der Waals surface area contributed by atoms with E-state index in [9.17, 15) is 10.1 Å². The lowest BCUT2D eigenvalue weighted by Gasteiger charge is -2.28. The first kappa shape index (κ1) is 22.1. The van der Waals surface area contributed by atoms with Crippen LogP contribution in [-0.2, 0) is 17.8 Å². The summed E-state index contributed by atoms with van der Waals surface area (Å²) in [5.74, 6) is 0.141. The molecular weight excluding hydrogens is 416 g/mol. The third-order valence-corrected chi connectivity index (χ3v) is 6.68. The van der Waals surface area contributed by atoms with Gasteiger partial charge in [-0.2, -0.15) is 5.26 Å². The number of rotatable bonds is 6. The lowest BCUT2D eigenvalue weighted by atomic mass is 9.92. The van der Waals surface area contributed by atoms with Crippen molar-refractivity contribution in [3.63, 3.8) is 0 Å². The van der Waals surface area contributed by atoms with Crippen molar-refractivity contribution in [1.29, 1.82) is 5.26 Å². The van der Waals surface area contributed by atoms with Crippen molar-refractivity contribution >= 4 is 17.7 Å². The zero-order valence-corrected chi connectivity index (χ0v) is 19.2. The summed E-state index contributed by atoms with van der Waals surface area (Å²) in [5.41, 5.74) is 5.73. The first-order valence-electron chi connectivity index (χ1n) is 10.7. The molecule has 1 atom stereocenters. The maximum atomic E-state index is 12.6. The van der Waals surface area contributed by atoms with Crippen LogP contribution in [0.2, 0.25) is 0 Å². The molecule has 0 unspecified atom stereocenters. The molecule has 0 spiro atoms. The third kappa shape index (κ3) is 4.85. The van der Waals surface area contributed by atoms with Gasteiger partial charge in [-0.05, 0) is 30.7 Å². The van der Waals surface area contributed by atoms with Crippen LogP contribution in [0.4, 0.5) is 0 Å². The number of nitrogens with one attached hydrogen (secondary N) is 1. The predicted octanol–water partition coefficient (Wildman–Crippen LogP) is 4.58. The summed E-state index contributed by atoms with van der Waals surface area (Å²) in [6, 6.07) is 22.2. The van der Waals surface area contributed by atoms with Gasteiger partial charge in [0.1, 0.15) is 11.1 Å². The van der Waals surface area contributed by atoms with Crippen molar-refractivity contribution in [2.24, 2.45) is 0 Å². The van der Waals surface area contributed by atoms with Crippen molar-refractivity contribution in [3.05, 3.63) is 83.0 Å². The smallest absolute Gasteiger partial charge is 0.230 e. The van der Waals surface area contributed by atoms with E-state index < -0.39 is 0 Å². The second-order valence-electron chi connectivity index (χ2n) is 8.05. The summed E-state index contributed by atoms with van der Waals surface area (Å²) in [5, 5.41) is 13.7. The molecule has 162 valence electrons. The number of nitrogens with zero attached hydrogens (tertiary/aromatic N) is 3. The number of thioether (sulfide) groups is 1. The van der Waals surface area contributed by atoms with Gasteiger partial charge in [0.25, 0.3) is 0 Å². The normalized spacial score (nSPS) is 14.3. The summed E-state index contributed by atoms with van der Waals surface area (Å²) in [6.45, 7) is 3.67. The first-order valence-corrected chi connectivity index (χ1v) is 11.7. The highest BCUT2D eigenvalue weighted by Gasteiger charge is 2.25. The van der Waals surface area contributed by atoms with Gasteiger partial charge >= 0.3 is 0 Å². The Morgan fingerprint density at radius 3 is 2.56 bits per heavy atom. The number of carbonyl (C=O) groups excluding carboxylic acids is 1. The molecule has 1 N–H and O–H groups in total. The Bertz CT molecular complexity index is 1140. The maximum absolute atomic E-state index is 12.6. The molecule has 3 aromatic rings. The quantitative estimate of drug-likeness (QED) is 0.566. The number of carbonyl (C=O) groups is 1. The van der Waals surface area contributed by atoms with Crippen LogP contribution in [0, 0.1) is 11.3 Å². The number of amides is 1. The molecule has 4 rings (SSSR count). The number of nitriles is 1. The second-order valence-corrected chi connectivity index (χ2v) is 9.01. The standard InChI is InChI=1S/C26H26N4OS/c1-18(19-9-5-3-6-10-19)28-24(31)17-32-26-21(15-27)25(20-11-7-4-8-12-20)22-16-30(2)14-13-23(22)29-26/h3-12,18H,13-14,16-17H2,1-2H3,(H,28,31)/t18-/m0/s1. The van der Waals surface area contributed by atoms with Gasteiger partial charge in [-0.15, -0.1) is 0 Å². The van der Waals surface area contributed by atoms with E-state index >= 15 is 0 Å². The third-order valence-electron chi connectivity index (χ3n) is 5.70. The second kappa shape index (κ2) is 9.99. The highest BCUT2D eigenvalue weighted by atomic mass is 32.2.